The number of terminal acetylenes is 1. The minimum absolute atomic E-state index is 0.979. The van der Waals surface area contributed by atoms with Crippen LogP contribution < -0.4 is 0 Å². The van der Waals surface area contributed by atoms with E-state index in [9.17, 15) is 0 Å². The Morgan fingerprint density at radius 2 is 1.25 bits per heavy atom. The Hall–Kier alpha value is -0.440. The largest absolute Gasteiger partial charge is 0.120 e. The third-order valence-electron chi connectivity index (χ3n) is 4.89. The zero-order valence-corrected chi connectivity index (χ0v) is 13.8. The second kappa shape index (κ2) is 12.3. The first-order chi connectivity index (χ1) is 9.88. The molecule has 1 rings (SSSR count). The van der Waals surface area contributed by atoms with Gasteiger partial charge in [0.1, 0.15) is 0 Å². The predicted molar refractivity (Wildman–Crippen MR) is 90.7 cm³/mol. The van der Waals surface area contributed by atoms with Crippen molar-refractivity contribution < 1.29 is 0 Å². The summed E-state index contributed by atoms with van der Waals surface area (Å²) in [6.45, 7) is 2.29. The molecule has 2 atom stereocenters. The van der Waals surface area contributed by atoms with Crippen molar-refractivity contribution in [3.05, 3.63) is 0 Å². The standard InChI is InChI=1S/C20H36/c1-3-5-7-9-10-11-13-15-17-20-18-19(20)16-14-12-8-6-4-2/h2,19-20H,3,5-18H2,1H3/t19-,20+/m0/s1. The molecular weight excluding hydrogens is 240 g/mol. The highest BCUT2D eigenvalue weighted by Gasteiger charge is 2.34. The van der Waals surface area contributed by atoms with Gasteiger partial charge in [-0.2, -0.15) is 0 Å². The van der Waals surface area contributed by atoms with Crippen LogP contribution in [0.5, 0.6) is 0 Å². The lowest BCUT2D eigenvalue weighted by Crippen LogP contribution is -1.86. The van der Waals surface area contributed by atoms with Crippen molar-refractivity contribution in [3.63, 3.8) is 0 Å². The lowest BCUT2D eigenvalue weighted by Gasteiger charge is -2.02. The maximum absolute atomic E-state index is 5.27. The molecule has 0 aromatic heterocycles. The monoisotopic (exact) mass is 276 g/mol. The van der Waals surface area contributed by atoms with Gasteiger partial charge in [0, 0.05) is 6.42 Å². The average Bonchev–Trinajstić information content (AvgIpc) is 3.20. The normalized spacial score (nSPS) is 20.8. The van der Waals surface area contributed by atoms with Crippen LogP contribution in [-0.4, -0.2) is 0 Å². The van der Waals surface area contributed by atoms with Crippen molar-refractivity contribution in [3.8, 4) is 12.3 Å². The average molecular weight is 277 g/mol. The van der Waals surface area contributed by atoms with Crippen LogP contribution in [0.25, 0.3) is 0 Å². The van der Waals surface area contributed by atoms with Crippen LogP contribution in [0.4, 0.5) is 0 Å². The van der Waals surface area contributed by atoms with E-state index in [0.717, 1.165) is 18.3 Å². The van der Waals surface area contributed by atoms with Gasteiger partial charge in [-0.05, 0) is 24.7 Å². The highest BCUT2D eigenvalue weighted by atomic mass is 14.4. The quantitative estimate of drug-likeness (QED) is 0.243. The van der Waals surface area contributed by atoms with Gasteiger partial charge in [-0.25, -0.2) is 0 Å². The Kier molecular flexibility index (Phi) is 10.8. The van der Waals surface area contributed by atoms with Gasteiger partial charge in [0.25, 0.3) is 0 Å². The van der Waals surface area contributed by atoms with Crippen LogP contribution in [0, 0.1) is 24.2 Å². The summed E-state index contributed by atoms with van der Waals surface area (Å²) in [7, 11) is 0. The zero-order chi connectivity index (χ0) is 14.5. The molecule has 0 heteroatoms. The molecule has 0 bridgehead atoms. The summed E-state index contributed by atoms with van der Waals surface area (Å²) in [5.41, 5.74) is 0. The molecule has 0 saturated heterocycles. The summed E-state index contributed by atoms with van der Waals surface area (Å²) in [6.07, 6.45) is 26.4. The lowest BCUT2D eigenvalue weighted by molar-refractivity contribution is 0.518. The van der Waals surface area contributed by atoms with Crippen LogP contribution in [0.3, 0.4) is 0 Å². The van der Waals surface area contributed by atoms with Crippen molar-refractivity contribution in [2.75, 3.05) is 0 Å². The Bertz CT molecular complexity index is 247. The summed E-state index contributed by atoms with van der Waals surface area (Å²) < 4.78 is 0. The number of hydrogen-bond acceptors (Lipinski definition) is 0. The Morgan fingerprint density at radius 3 is 1.80 bits per heavy atom. The molecule has 1 aliphatic carbocycles. The molecule has 0 amide bonds. The molecule has 0 N–H and O–H groups in total. The van der Waals surface area contributed by atoms with Gasteiger partial charge >= 0.3 is 0 Å². The van der Waals surface area contributed by atoms with Gasteiger partial charge in [0.2, 0.25) is 0 Å². The highest BCUT2D eigenvalue weighted by Crippen LogP contribution is 2.45. The molecule has 0 aromatic carbocycles. The Balaban J connectivity index is 1.76. The number of rotatable bonds is 14. The van der Waals surface area contributed by atoms with E-state index in [1.54, 1.807) is 0 Å². The minimum atomic E-state index is 0.979. The first-order valence-electron chi connectivity index (χ1n) is 9.32. The van der Waals surface area contributed by atoms with Crippen molar-refractivity contribution in [2.45, 2.75) is 103 Å². The lowest BCUT2D eigenvalue weighted by atomic mass is 10.0. The predicted octanol–water partition coefficient (Wildman–Crippen LogP) is 6.74. The minimum Gasteiger partial charge on any atom is -0.120 e. The summed E-state index contributed by atoms with van der Waals surface area (Å²) in [5.74, 6) is 4.92. The Morgan fingerprint density at radius 1 is 0.750 bits per heavy atom. The maximum atomic E-state index is 5.27. The van der Waals surface area contributed by atoms with Crippen molar-refractivity contribution in [1.29, 1.82) is 0 Å². The first-order valence-corrected chi connectivity index (χ1v) is 9.32. The molecule has 0 spiro atoms. The van der Waals surface area contributed by atoms with Gasteiger partial charge in [-0.3, -0.25) is 0 Å². The third kappa shape index (κ3) is 9.46. The second-order valence-corrected chi connectivity index (χ2v) is 6.82. The molecule has 0 aliphatic heterocycles. The fraction of sp³-hybridized carbons (Fsp3) is 0.900. The fourth-order valence-electron chi connectivity index (χ4n) is 3.37. The number of hydrogen-bond donors (Lipinski definition) is 0. The van der Waals surface area contributed by atoms with Crippen LogP contribution >= 0.6 is 0 Å². The van der Waals surface area contributed by atoms with Gasteiger partial charge in [0.05, 0.1) is 0 Å². The zero-order valence-electron chi connectivity index (χ0n) is 13.8. The van der Waals surface area contributed by atoms with E-state index < -0.39 is 0 Å². The Labute approximate surface area is 128 Å². The number of unbranched alkanes of at least 4 members (excludes halogenated alkanes) is 10. The van der Waals surface area contributed by atoms with E-state index in [0.29, 0.717) is 0 Å². The summed E-state index contributed by atoms with van der Waals surface area (Å²) in [5, 5.41) is 0. The first kappa shape index (κ1) is 17.6. The molecule has 0 nitrogen and oxygen atoms in total. The molecule has 0 heterocycles. The highest BCUT2D eigenvalue weighted by molar-refractivity contribution is 4.86. The molecule has 1 aliphatic rings. The summed E-state index contributed by atoms with van der Waals surface area (Å²) in [4.78, 5) is 0. The van der Waals surface area contributed by atoms with Crippen LogP contribution in [0.15, 0.2) is 0 Å². The summed E-state index contributed by atoms with van der Waals surface area (Å²) >= 11 is 0. The second-order valence-electron chi connectivity index (χ2n) is 6.82. The molecule has 1 saturated carbocycles. The maximum Gasteiger partial charge on any atom is 0.00860 e. The molecule has 0 unspecified atom stereocenters. The molecule has 116 valence electrons. The molecule has 20 heavy (non-hydrogen) atoms. The van der Waals surface area contributed by atoms with Gasteiger partial charge in [-0.15, -0.1) is 12.3 Å². The van der Waals surface area contributed by atoms with E-state index in [1.807, 2.05) is 0 Å². The topological polar surface area (TPSA) is 0 Å². The van der Waals surface area contributed by atoms with Crippen molar-refractivity contribution in [2.24, 2.45) is 11.8 Å². The van der Waals surface area contributed by atoms with E-state index >= 15 is 0 Å². The van der Waals surface area contributed by atoms with E-state index in [1.165, 1.54) is 89.9 Å². The third-order valence-corrected chi connectivity index (χ3v) is 4.89. The van der Waals surface area contributed by atoms with Crippen LogP contribution in [0.1, 0.15) is 103 Å². The molecular formula is C20H36. The van der Waals surface area contributed by atoms with E-state index in [4.69, 9.17) is 6.42 Å². The fourth-order valence-corrected chi connectivity index (χ4v) is 3.37. The van der Waals surface area contributed by atoms with Gasteiger partial charge in [0.15, 0.2) is 0 Å². The van der Waals surface area contributed by atoms with Crippen molar-refractivity contribution in [1.82, 2.24) is 0 Å². The molecule has 0 radical (unpaired) electrons. The molecule has 0 aromatic rings. The van der Waals surface area contributed by atoms with Gasteiger partial charge in [-0.1, -0.05) is 84.0 Å². The van der Waals surface area contributed by atoms with Crippen LogP contribution in [0.2, 0.25) is 0 Å². The van der Waals surface area contributed by atoms with Gasteiger partial charge < -0.3 is 0 Å². The van der Waals surface area contributed by atoms with Crippen LogP contribution in [-0.2, 0) is 0 Å². The van der Waals surface area contributed by atoms with E-state index in [2.05, 4.69) is 12.8 Å². The van der Waals surface area contributed by atoms with E-state index in [-0.39, 0.29) is 0 Å². The summed E-state index contributed by atoms with van der Waals surface area (Å²) in [6, 6.07) is 0. The molecule has 1 fully saturated rings. The van der Waals surface area contributed by atoms with Crippen molar-refractivity contribution >= 4 is 0 Å². The SMILES string of the molecule is C#CCCCCC[C@H]1C[C@H]1CCCCCCCCCC. The smallest absolute Gasteiger partial charge is 0.00860 e.